The Bertz CT molecular complexity index is 827. The molecule has 7 nitrogen and oxygen atoms in total. The highest BCUT2D eigenvalue weighted by Crippen LogP contribution is 2.28. The van der Waals surface area contributed by atoms with Gasteiger partial charge in [-0.05, 0) is 24.3 Å². The summed E-state index contributed by atoms with van der Waals surface area (Å²) in [5.41, 5.74) is 2.21. The van der Waals surface area contributed by atoms with E-state index in [-0.39, 0.29) is 6.61 Å². The fourth-order valence-electron chi connectivity index (χ4n) is 2.29. The van der Waals surface area contributed by atoms with Crippen LogP contribution in [0.2, 0.25) is 0 Å². The second-order valence-electron chi connectivity index (χ2n) is 5.15. The Morgan fingerprint density at radius 1 is 1.04 bits per heavy atom. The van der Waals surface area contributed by atoms with Crippen molar-refractivity contribution in [1.29, 1.82) is 0 Å². The molecule has 1 aromatic carbocycles. The highest BCUT2D eigenvalue weighted by molar-refractivity contribution is 5.68. The number of aliphatic hydroxyl groups excluding tert-OH is 1. The van der Waals surface area contributed by atoms with E-state index >= 15 is 0 Å². The van der Waals surface area contributed by atoms with Crippen molar-refractivity contribution in [2.75, 3.05) is 30.9 Å². The Morgan fingerprint density at radius 3 is 2.64 bits per heavy atom. The summed E-state index contributed by atoms with van der Waals surface area (Å²) < 4.78 is 5.36. The van der Waals surface area contributed by atoms with Gasteiger partial charge in [-0.3, -0.25) is 4.98 Å². The molecule has 3 rings (SSSR count). The Labute approximate surface area is 145 Å². The minimum Gasteiger partial charge on any atom is -0.495 e. The first kappa shape index (κ1) is 16.7. The van der Waals surface area contributed by atoms with Crippen molar-refractivity contribution >= 4 is 17.5 Å². The van der Waals surface area contributed by atoms with Crippen LogP contribution in [0, 0.1) is 0 Å². The molecule has 0 saturated carbocycles. The predicted octanol–water partition coefficient (Wildman–Crippen LogP) is 2.70. The molecule has 0 aliphatic carbocycles. The lowest BCUT2D eigenvalue weighted by molar-refractivity contribution is 0.311. The van der Waals surface area contributed by atoms with Crippen LogP contribution in [0.25, 0.3) is 11.4 Å². The Morgan fingerprint density at radius 2 is 1.88 bits per heavy atom. The van der Waals surface area contributed by atoms with Crippen molar-refractivity contribution < 1.29 is 9.84 Å². The number of nitrogens with zero attached hydrogens (tertiary/aromatic N) is 3. The number of nitrogens with one attached hydrogen (secondary N) is 2. The number of benzene rings is 1. The summed E-state index contributed by atoms with van der Waals surface area (Å²) in [6.07, 6.45) is 1.71. The van der Waals surface area contributed by atoms with Crippen LogP contribution in [0.1, 0.15) is 0 Å². The zero-order valence-electron chi connectivity index (χ0n) is 13.8. The minimum absolute atomic E-state index is 0.00750. The number of pyridine rings is 1. The van der Waals surface area contributed by atoms with Crippen molar-refractivity contribution in [2.45, 2.75) is 0 Å². The molecule has 0 atom stereocenters. The molecule has 25 heavy (non-hydrogen) atoms. The Balaban J connectivity index is 1.97. The van der Waals surface area contributed by atoms with Gasteiger partial charge in [0.1, 0.15) is 11.6 Å². The lowest BCUT2D eigenvalue weighted by atomic mass is 10.2. The van der Waals surface area contributed by atoms with E-state index in [9.17, 15) is 0 Å². The molecule has 0 radical (unpaired) electrons. The largest absolute Gasteiger partial charge is 0.495 e. The van der Waals surface area contributed by atoms with Crippen LogP contribution >= 0.6 is 0 Å². The van der Waals surface area contributed by atoms with Gasteiger partial charge in [-0.2, -0.15) is 4.98 Å². The standard InChI is InChI=1S/C18H19N5O2/c1-25-16-8-3-2-7-14(16)21-17-12-15(13-6-4-5-9-19-13)22-18(23-17)20-10-11-24/h2-9,12,24H,10-11H2,1H3,(H2,20,21,22,23). The van der Waals surface area contributed by atoms with Crippen molar-refractivity contribution in [1.82, 2.24) is 15.0 Å². The number of hydrogen-bond acceptors (Lipinski definition) is 7. The molecular weight excluding hydrogens is 318 g/mol. The molecule has 0 amide bonds. The third-order valence-electron chi connectivity index (χ3n) is 3.42. The number of aliphatic hydroxyl groups is 1. The fourth-order valence-corrected chi connectivity index (χ4v) is 2.29. The Hall–Kier alpha value is -3.19. The SMILES string of the molecule is COc1ccccc1Nc1cc(-c2ccccn2)nc(NCCO)n1. The average Bonchev–Trinajstić information content (AvgIpc) is 2.67. The molecule has 128 valence electrons. The van der Waals surface area contributed by atoms with E-state index in [0.29, 0.717) is 29.8 Å². The van der Waals surface area contributed by atoms with E-state index in [0.717, 1.165) is 11.4 Å². The molecule has 3 aromatic rings. The molecule has 0 saturated heterocycles. The molecule has 2 aromatic heterocycles. The number of hydrogen-bond donors (Lipinski definition) is 3. The zero-order valence-corrected chi connectivity index (χ0v) is 13.8. The smallest absolute Gasteiger partial charge is 0.225 e. The van der Waals surface area contributed by atoms with Gasteiger partial charge in [0.2, 0.25) is 5.95 Å². The van der Waals surface area contributed by atoms with Crippen molar-refractivity contribution in [3.63, 3.8) is 0 Å². The van der Waals surface area contributed by atoms with E-state index in [1.165, 1.54) is 0 Å². The van der Waals surface area contributed by atoms with Gasteiger partial charge in [0.25, 0.3) is 0 Å². The second-order valence-corrected chi connectivity index (χ2v) is 5.15. The van der Waals surface area contributed by atoms with Crippen LogP contribution in [0.4, 0.5) is 17.5 Å². The summed E-state index contributed by atoms with van der Waals surface area (Å²) in [5.74, 6) is 1.72. The van der Waals surface area contributed by atoms with E-state index in [1.54, 1.807) is 13.3 Å². The molecule has 3 N–H and O–H groups in total. The number of anilines is 3. The lowest BCUT2D eigenvalue weighted by Gasteiger charge is -2.13. The van der Waals surface area contributed by atoms with Crippen LogP contribution in [-0.4, -0.2) is 40.3 Å². The molecule has 0 fully saturated rings. The maximum atomic E-state index is 9.02. The number of para-hydroxylation sites is 2. The summed E-state index contributed by atoms with van der Waals surface area (Å²) in [6, 6.07) is 15.0. The third-order valence-corrected chi connectivity index (χ3v) is 3.42. The van der Waals surface area contributed by atoms with Gasteiger partial charge in [0.05, 0.1) is 30.8 Å². The summed E-state index contributed by atoms with van der Waals surface area (Å²) >= 11 is 0. The number of methoxy groups -OCH3 is 1. The predicted molar refractivity (Wildman–Crippen MR) is 97.1 cm³/mol. The topological polar surface area (TPSA) is 92.2 Å². The van der Waals surface area contributed by atoms with Gasteiger partial charge in [0, 0.05) is 18.8 Å². The average molecular weight is 337 g/mol. The monoisotopic (exact) mass is 337 g/mol. The van der Waals surface area contributed by atoms with Crippen molar-refractivity contribution in [2.24, 2.45) is 0 Å². The molecule has 0 aliphatic heterocycles. The fraction of sp³-hybridized carbons (Fsp3) is 0.167. The molecule has 0 spiro atoms. The summed E-state index contributed by atoms with van der Waals surface area (Å²) in [5, 5.41) is 15.3. The van der Waals surface area contributed by atoms with Gasteiger partial charge in [-0.15, -0.1) is 0 Å². The Kier molecular flexibility index (Phi) is 5.38. The maximum absolute atomic E-state index is 9.02. The van der Waals surface area contributed by atoms with E-state index in [2.05, 4.69) is 25.6 Å². The van der Waals surface area contributed by atoms with E-state index in [1.807, 2.05) is 48.5 Å². The lowest BCUT2D eigenvalue weighted by Crippen LogP contribution is -2.10. The van der Waals surface area contributed by atoms with Gasteiger partial charge < -0.3 is 20.5 Å². The van der Waals surface area contributed by atoms with Crippen molar-refractivity contribution in [3.8, 4) is 17.1 Å². The first-order valence-corrected chi connectivity index (χ1v) is 7.85. The first-order chi connectivity index (χ1) is 12.3. The highest BCUT2D eigenvalue weighted by atomic mass is 16.5. The van der Waals surface area contributed by atoms with E-state index in [4.69, 9.17) is 9.84 Å². The number of aromatic nitrogens is 3. The number of rotatable bonds is 7. The van der Waals surface area contributed by atoms with Gasteiger partial charge in [0.15, 0.2) is 0 Å². The van der Waals surface area contributed by atoms with Crippen LogP contribution in [0.5, 0.6) is 5.75 Å². The highest BCUT2D eigenvalue weighted by Gasteiger charge is 2.09. The summed E-state index contributed by atoms with van der Waals surface area (Å²) in [4.78, 5) is 13.2. The van der Waals surface area contributed by atoms with Crippen LogP contribution < -0.4 is 15.4 Å². The zero-order chi connectivity index (χ0) is 17.5. The van der Waals surface area contributed by atoms with Crippen LogP contribution in [0.15, 0.2) is 54.7 Å². The molecule has 0 unspecified atom stereocenters. The molecule has 7 heteroatoms. The molecular formula is C18H19N5O2. The summed E-state index contributed by atoms with van der Waals surface area (Å²) in [6.45, 7) is 0.353. The second kappa shape index (κ2) is 8.07. The van der Waals surface area contributed by atoms with Gasteiger partial charge >= 0.3 is 0 Å². The quantitative estimate of drug-likeness (QED) is 0.610. The van der Waals surface area contributed by atoms with Crippen LogP contribution in [0.3, 0.4) is 0 Å². The summed E-state index contributed by atoms with van der Waals surface area (Å²) in [7, 11) is 1.62. The maximum Gasteiger partial charge on any atom is 0.225 e. The van der Waals surface area contributed by atoms with Crippen LogP contribution in [-0.2, 0) is 0 Å². The number of ether oxygens (including phenoxy) is 1. The molecule has 0 aliphatic rings. The minimum atomic E-state index is -0.00750. The molecule has 2 heterocycles. The molecule has 0 bridgehead atoms. The van der Waals surface area contributed by atoms with Crippen molar-refractivity contribution in [3.05, 3.63) is 54.7 Å². The van der Waals surface area contributed by atoms with Gasteiger partial charge in [-0.25, -0.2) is 4.98 Å². The normalized spacial score (nSPS) is 10.3. The van der Waals surface area contributed by atoms with Gasteiger partial charge in [-0.1, -0.05) is 18.2 Å². The third kappa shape index (κ3) is 4.21. The first-order valence-electron chi connectivity index (χ1n) is 7.85. The van der Waals surface area contributed by atoms with E-state index < -0.39 is 0 Å².